The van der Waals surface area contributed by atoms with Gasteiger partial charge in [-0.05, 0) is 13.1 Å². The Morgan fingerprint density at radius 1 is 1.71 bits per heavy atom. The van der Waals surface area contributed by atoms with E-state index in [0.29, 0.717) is 13.2 Å². The van der Waals surface area contributed by atoms with Gasteiger partial charge in [-0.1, -0.05) is 0 Å². The van der Waals surface area contributed by atoms with Gasteiger partial charge in [0.15, 0.2) is 0 Å². The number of hydrogen-bond donors (Lipinski definition) is 1. The summed E-state index contributed by atoms with van der Waals surface area (Å²) in [7, 11) is 3.47. The van der Waals surface area contributed by atoms with E-state index in [0.717, 1.165) is 0 Å². The molecule has 1 aromatic heterocycles. The summed E-state index contributed by atoms with van der Waals surface area (Å²) in [4.78, 5) is 14.9. The van der Waals surface area contributed by atoms with Crippen molar-refractivity contribution in [3.63, 3.8) is 0 Å². The lowest BCUT2D eigenvalue weighted by Gasteiger charge is -2.15. The zero-order valence-electron chi connectivity index (χ0n) is 8.43. The van der Waals surface area contributed by atoms with Crippen LogP contribution in [0.2, 0.25) is 0 Å². The number of hydrogen-bond acceptors (Lipinski definition) is 4. The van der Waals surface area contributed by atoms with Crippen LogP contribution in [0.15, 0.2) is 23.3 Å². The Morgan fingerprint density at radius 2 is 2.50 bits per heavy atom. The molecule has 14 heavy (non-hydrogen) atoms. The minimum atomic E-state index is -0.233. The van der Waals surface area contributed by atoms with Crippen LogP contribution in [0.4, 0.5) is 0 Å². The standard InChI is InChI=1S/C9H15N3O2/c1-10-8(7-14-2)6-12-5-3-4-11-9(12)13/h3-5,8,10H,6-7H2,1-2H3. The highest BCUT2D eigenvalue weighted by Crippen LogP contribution is 1.88. The molecule has 0 saturated heterocycles. The van der Waals surface area contributed by atoms with Gasteiger partial charge in [0.1, 0.15) is 0 Å². The molecule has 1 rings (SSSR count). The lowest BCUT2D eigenvalue weighted by atomic mass is 10.3. The predicted octanol–water partition coefficient (Wildman–Crippen LogP) is -0.522. The van der Waals surface area contributed by atoms with E-state index < -0.39 is 0 Å². The van der Waals surface area contributed by atoms with E-state index in [4.69, 9.17) is 4.74 Å². The SMILES string of the molecule is CNC(COC)Cn1cccnc1=O. The Bertz CT molecular complexity index is 324. The quantitative estimate of drug-likeness (QED) is 0.690. The van der Waals surface area contributed by atoms with Crippen molar-refractivity contribution in [2.45, 2.75) is 12.6 Å². The molecule has 1 atom stereocenters. The minimum absolute atomic E-state index is 0.127. The van der Waals surface area contributed by atoms with Crippen molar-refractivity contribution >= 4 is 0 Å². The molecule has 0 aliphatic carbocycles. The largest absolute Gasteiger partial charge is 0.383 e. The molecular weight excluding hydrogens is 182 g/mol. The van der Waals surface area contributed by atoms with E-state index in [1.54, 1.807) is 23.9 Å². The van der Waals surface area contributed by atoms with Crippen LogP contribution < -0.4 is 11.0 Å². The number of nitrogens with zero attached hydrogens (tertiary/aromatic N) is 2. The second kappa shape index (κ2) is 5.51. The Balaban J connectivity index is 2.67. The average Bonchev–Trinajstić information content (AvgIpc) is 2.20. The number of methoxy groups -OCH3 is 1. The highest BCUT2D eigenvalue weighted by molar-refractivity contribution is 4.82. The number of aromatic nitrogens is 2. The van der Waals surface area contributed by atoms with Gasteiger partial charge in [-0.3, -0.25) is 4.57 Å². The zero-order valence-corrected chi connectivity index (χ0v) is 8.43. The molecule has 0 spiro atoms. The van der Waals surface area contributed by atoms with Crippen molar-refractivity contribution in [2.24, 2.45) is 0 Å². The van der Waals surface area contributed by atoms with Crippen molar-refractivity contribution in [2.75, 3.05) is 20.8 Å². The van der Waals surface area contributed by atoms with E-state index in [9.17, 15) is 4.79 Å². The predicted molar refractivity (Wildman–Crippen MR) is 53.2 cm³/mol. The number of ether oxygens (including phenoxy) is 1. The van der Waals surface area contributed by atoms with Gasteiger partial charge in [-0.2, -0.15) is 0 Å². The summed E-state index contributed by atoms with van der Waals surface area (Å²) in [6.45, 7) is 1.13. The monoisotopic (exact) mass is 197 g/mol. The van der Waals surface area contributed by atoms with E-state index in [2.05, 4.69) is 10.3 Å². The first-order valence-corrected chi connectivity index (χ1v) is 4.45. The molecule has 1 heterocycles. The number of likely N-dealkylation sites (N-methyl/N-ethyl adjacent to an activating group) is 1. The molecular formula is C9H15N3O2. The van der Waals surface area contributed by atoms with E-state index in [-0.39, 0.29) is 11.7 Å². The van der Waals surface area contributed by atoms with Gasteiger partial charge in [-0.25, -0.2) is 9.78 Å². The van der Waals surface area contributed by atoms with Crippen LogP contribution in [0.5, 0.6) is 0 Å². The van der Waals surface area contributed by atoms with Gasteiger partial charge in [0.2, 0.25) is 0 Å². The molecule has 1 aromatic rings. The maximum absolute atomic E-state index is 11.3. The Kier molecular flexibility index (Phi) is 4.28. The summed E-state index contributed by atoms with van der Waals surface area (Å²) in [5.74, 6) is 0. The van der Waals surface area contributed by atoms with Crippen LogP contribution in [0, 0.1) is 0 Å². The fourth-order valence-corrected chi connectivity index (χ4v) is 1.19. The van der Waals surface area contributed by atoms with Gasteiger partial charge in [0.25, 0.3) is 0 Å². The third kappa shape index (κ3) is 2.93. The Morgan fingerprint density at radius 3 is 3.07 bits per heavy atom. The molecule has 0 amide bonds. The third-order valence-electron chi connectivity index (χ3n) is 1.98. The molecule has 0 saturated carbocycles. The van der Waals surface area contributed by atoms with Crippen molar-refractivity contribution in [3.05, 3.63) is 28.9 Å². The fourth-order valence-electron chi connectivity index (χ4n) is 1.19. The van der Waals surface area contributed by atoms with Crippen LogP contribution in [0.25, 0.3) is 0 Å². The fraction of sp³-hybridized carbons (Fsp3) is 0.556. The molecule has 1 N–H and O–H groups in total. The topological polar surface area (TPSA) is 56.1 Å². The normalized spacial score (nSPS) is 12.7. The second-order valence-electron chi connectivity index (χ2n) is 3.00. The summed E-state index contributed by atoms with van der Waals surface area (Å²) in [6, 6.07) is 1.86. The second-order valence-corrected chi connectivity index (χ2v) is 3.00. The van der Waals surface area contributed by atoms with Crippen LogP contribution in [-0.2, 0) is 11.3 Å². The molecule has 0 bridgehead atoms. The molecule has 0 radical (unpaired) electrons. The van der Waals surface area contributed by atoms with Crippen molar-refractivity contribution < 1.29 is 4.74 Å². The number of rotatable bonds is 5. The minimum Gasteiger partial charge on any atom is -0.383 e. The lowest BCUT2D eigenvalue weighted by Crippen LogP contribution is -2.38. The van der Waals surface area contributed by atoms with Gasteiger partial charge in [0.05, 0.1) is 6.61 Å². The summed E-state index contributed by atoms with van der Waals surface area (Å²) in [5, 5.41) is 3.07. The zero-order chi connectivity index (χ0) is 10.4. The van der Waals surface area contributed by atoms with E-state index in [1.165, 1.54) is 6.20 Å². The molecule has 5 heteroatoms. The van der Waals surface area contributed by atoms with E-state index >= 15 is 0 Å². The molecule has 0 aromatic carbocycles. The van der Waals surface area contributed by atoms with Gasteiger partial charge >= 0.3 is 5.69 Å². The highest BCUT2D eigenvalue weighted by Gasteiger charge is 2.06. The maximum atomic E-state index is 11.3. The average molecular weight is 197 g/mol. The Labute approximate surface area is 82.7 Å². The summed E-state index contributed by atoms with van der Waals surface area (Å²) in [6.07, 6.45) is 3.21. The summed E-state index contributed by atoms with van der Waals surface area (Å²) < 4.78 is 6.56. The highest BCUT2D eigenvalue weighted by atomic mass is 16.5. The molecule has 78 valence electrons. The van der Waals surface area contributed by atoms with Crippen LogP contribution in [0.3, 0.4) is 0 Å². The van der Waals surface area contributed by atoms with Gasteiger partial charge in [-0.15, -0.1) is 0 Å². The maximum Gasteiger partial charge on any atom is 0.347 e. The first kappa shape index (κ1) is 10.9. The first-order chi connectivity index (χ1) is 6.77. The molecule has 0 aliphatic rings. The van der Waals surface area contributed by atoms with Crippen LogP contribution in [-0.4, -0.2) is 36.4 Å². The molecule has 0 aliphatic heterocycles. The van der Waals surface area contributed by atoms with Crippen LogP contribution >= 0.6 is 0 Å². The molecule has 0 fully saturated rings. The van der Waals surface area contributed by atoms with Crippen molar-refractivity contribution in [1.29, 1.82) is 0 Å². The van der Waals surface area contributed by atoms with Gasteiger partial charge < -0.3 is 10.1 Å². The van der Waals surface area contributed by atoms with Crippen molar-refractivity contribution in [3.8, 4) is 0 Å². The number of nitrogens with one attached hydrogen (secondary N) is 1. The lowest BCUT2D eigenvalue weighted by molar-refractivity contribution is 0.161. The summed E-state index contributed by atoms with van der Waals surface area (Å²) >= 11 is 0. The van der Waals surface area contributed by atoms with Crippen molar-refractivity contribution in [1.82, 2.24) is 14.9 Å². The Hall–Kier alpha value is -1.20. The van der Waals surface area contributed by atoms with Gasteiger partial charge in [0, 0.05) is 32.1 Å². The molecule has 1 unspecified atom stereocenters. The smallest absolute Gasteiger partial charge is 0.347 e. The van der Waals surface area contributed by atoms with E-state index in [1.807, 2.05) is 7.05 Å². The van der Waals surface area contributed by atoms with Crippen LogP contribution in [0.1, 0.15) is 0 Å². The summed E-state index contributed by atoms with van der Waals surface area (Å²) in [5.41, 5.74) is -0.233. The first-order valence-electron chi connectivity index (χ1n) is 4.45. The third-order valence-corrected chi connectivity index (χ3v) is 1.98. The molecule has 5 nitrogen and oxygen atoms in total.